The van der Waals surface area contributed by atoms with Crippen LogP contribution in [0.4, 0.5) is 4.79 Å². The number of aromatic nitrogens is 1. The number of alkyl carbamates (subject to hydrolysis) is 1. The number of hydrogen-bond acceptors (Lipinski definition) is 10. The number of sulfonamides is 1. The van der Waals surface area contributed by atoms with Crippen molar-refractivity contribution in [1.29, 1.82) is 0 Å². The average Bonchev–Trinajstić information content (AvgIpc) is 4.08. The molecule has 0 radical (unpaired) electrons. The number of likely N-dealkylation sites (tertiary alicyclic amines) is 1. The summed E-state index contributed by atoms with van der Waals surface area (Å²) in [6, 6.07) is 14.5. The normalized spacial score (nSPS) is 22.6. The van der Waals surface area contributed by atoms with Crippen molar-refractivity contribution in [1.82, 2.24) is 25.2 Å². The van der Waals surface area contributed by atoms with Crippen LogP contribution in [-0.2, 0) is 29.1 Å². The molecule has 2 aliphatic carbocycles. The summed E-state index contributed by atoms with van der Waals surface area (Å²) in [7, 11) is -2.35. The molecule has 3 fully saturated rings. The number of ether oxygens (including phenoxy) is 3. The third kappa shape index (κ3) is 9.35. The smallest absolute Gasteiger partial charge is 0.407 e. The Bertz CT molecular complexity index is 2160. The number of carbonyl (C=O) groups excluding carboxylic acids is 4. The van der Waals surface area contributed by atoms with Crippen LogP contribution in [0.5, 0.6) is 11.5 Å². The van der Waals surface area contributed by atoms with Crippen LogP contribution in [0.15, 0.2) is 67.3 Å². The zero-order chi connectivity index (χ0) is 41.5. The predicted molar refractivity (Wildman–Crippen MR) is 215 cm³/mol. The molecule has 57 heavy (non-hydrogen) atoms. The van der Waals surface area contributed by atoms with Gasteiger partial charge in [-0.25, -0.2) is 18.2 Å². The minimum absolute atomic E-state index is 0.0143. The molecule has 0 bridgehead atoms. The molecular formula is C42H53N5O9S. The number of nitrogens with zero attached hydrogens (tertiary/aromatic N) is 2. The van der Waals surface area contributed by atoms with Crippen molar-refractivity contribution >= 4 is 44.7 Å². The Balaban J connectivity index is 1.33. The molecule has 1 aliphatic heterocycles. The number of pyridine rings is 1. The van der Waals surface area contributed by atoms with E-state index in [0.717, 1.165) is 5.56 Å². The molecular weight excluding hydrogens is 751 g/mol. The summed E-state index contributed by atoms with van der Waals surface area (Å²) in [5, 5.41) is 5.58. The molecule has 5 atom stereocenters. The first-order chi connectivity index (χ1) is 26.7. The second-order valence-corrected chi connectivity index (χ2v) is 19.5. The van der Waals surface area contributed by atoms with E-state index in [1.54, 1.807) is 40.0 Å². The lowest BCUT2D eigenvalue weighted by Crippen LogP contribution is -2.60. The van der Waals surface area contributed by atoms with Crippen LogP contribution >= 0.6 is 0 Å². The highest BCUT2D eigenvalue weighted by Gasteiger charge is 2.62. The van der Waals surface area contributed by atoms with Crippen molar-refractivity contribution in [3.8, 4) is 22.8 Å². The molecule has 3 aliphatic rings. The molecule has 2 heterocycles. The maximum absolute atomic E-state index is 14.7. The molecule has 14 nitrogen and oxygen atoms in total. The van der Waals surface area contributed by atoms with E-state index in [0.29, 0.717) is 40.9 Å². The molecule has 306 valence electrons. The van der Waals surface area contributed by atoms with Crippen LogP contribution in [-0.4, -0.2) is 91.4 Å². The third-order valence-corrected chi connectivity index (χ3v) is 12.3. The summed E-state index contributed by atoms with van der Waals surface area (Å²) in [5.74, 6) is -1.54. The molecule has 1 aromatic heterocycles. The summed E-state index contributed by atoms with van der Waals surface area (Å²) in [6.45, 7) is 15.0. The standard InChI is InChI=1S/C42H53N5O9S/c1-9-26-22-42(26,38(50)46-57(52,53)29-16-17-29)45-36(48)33-20-28(23-47(33)37(49)35(41(5,6)7)44-39(51)55-24-40(2,3)4)56-34-21-31(25-13-11-10-12-14-25)43-32-19-27(54-8)15-18-30(32)34/h9-15,18-19,21,26,28-29,33,35H,1,16-17,20,22-24H2,2-8H3,(H,44,51)(H,45,48)(H,46,50). The highest BCUT2D eigenvalue weighted by molar-refractivity contribution is 7.91. The van der Waals surface area contributed by atoms with Crippen LogP contribution < -0.4 is 24.8 Å². The van der Waals surface area contributed by atoms with Gasteiger partial charge >= 0.3 is 6.09 Å². The number of nitrogens with one attached hydrogen (secondary N) is 3. The van der Waals surface area contributed by atoms with E-state index >= 15 is 0 Å². The van der Waals surface area contributed by atoms with Crippen molar-refractivity contribution in [2.45, 2.75) is 96.2 Å². The van der Waals surface area contributed by atoms with Crippen molar-refractivity contribution in [2.24, 2.45) is 16.7 Å². The van der Waals surface area contributed by atoms with Crippen molar-refractivity contribution in [3.63, 3.8) is 0 Å². The lowest BCUT2D eigenvalue weighted by atomic mass is 9.85. The molecule has 0 spiro atoms. The van der Waals surface area contributed by atoms with E-state index in [1.165, 1.54) is 11.0 Å². The number of hydrogen-bond donors (Lipinski definition) is 3. The Morgan fingerprint density at radius 2 is 1.74 bits per heavy atom. The Morgan fingerprint density at radius 1 is 1.04 bits per heavy atom. The van der Waals surface area contributed by atoms with E-state index in [9.17, 15) is 27.6 Å². The summed E-state index contributed by atoms with van der Waals surface area (Å²) in [4.78, 5) is 62.1. The quantitative estimate of drug-likeness (QED) is 0.196. The van der Waals surface area contributed by atoms with Gasteiger partial charge in [-0.05, 0) is 42.2 Å². The van der Waals surface area contributed by atoms with Gasteiger partial charge in [-0.15, -0.1) is 6.58 Å². The average molecular weight is 804 g/mol. The van der Waals surface area contributed by atoms with Gasteiger partial charge in [-0.1, -0.05) is 78.0 Å². The van der Waals surface area contributed by atoms with Crippen molar-refractivity contribution in [2.75, 3.05) is 20.3 Å². The van der Waals surface area contributed by atoms with Crippen LogP contribution in [0.2, 0.25) is 0 Å². The molecule has 2 aromatic carbocycles. The highest BCUT2D eigenvalue weighted by Crippen LogP contribution is 2.46. The predicted octanol–water partition coefficient (Wildman–Crippen LogP) is 5.12. The topological polar surface area (TPSA) is 182 Å². The van der Waals surface area contributed by atoms with Crippen LogP contribution in [0.25, 0.3) is 22.2 Å². The molecule has 1 saturated heterocycles. The number of carbonyl (C=O) groups is 4. The van der Waals surface area contributed by atoms with Gasteiger partial charge in [0.1, 0.15) is 35.2 Å². The second kappa shape index (κ2) is 15.6. The van der Waals surface area contributed by atoms with Crippen molar-refractivity contribution < 1.29 is 41.8 Å². The zero-order valence-corrected chi connectivity index (χ0v) is 34.4. The molecule has 3 N–H and O–H groups in total. The zero-order valence-electron chi connectivity index (χ0n) is 33.6. The largest absolute Gasteiger partial charge is 0.497 e. The molecule has 5 unspecified atom stereocenters. The maximum Gasteiger partial charge on any atom is 0.407 e. The van der Waals surface area contributed by atoms with Crippen LogP contribution in [0.3, 0.4) is 0 Å². The number of amides is 4. The lowest BCUT2D eigenvalue weighted by molar-refractivity contribution is -0.142. The van der Waals surface area contributed by atoms with Gasteiger partial charge in [0, 0.05) is 35.4 Å². The number of rotatable bonds is 13. The van der Waals surface area contributed by atoms with Crippen LogP contribution in [0, 0.1) is 16.7 Å². The Morgan fingerprint density at radius 3 is 2.33 bits per heavy atom. The van der Waals surface area contributed by atoms with Gasteiger partial charge < -0.3 is 29.7 Å². The fraction of sp³-hybridized carbons (Fsp3) is 0.500. The van der Waals surface area contributed by atoms with Crippen LogP contribution in [0.1, 0.15) is 67.2 Å². The fourth-order valence-electron chi connectivity index (χ4n) is 6.99. The van der Waals surface area contributed by atoms with Gasteiger partial charge in [0.25, 0.3) is 5.91 Å². The minimum atomic E-state index is -3.92. The monoisotopic (exact) mass is 803 g/mol. The van der Waals surface area contributed by atoms with E-state index in [-0.39, 0.29) is 31.4 Å². The number of fused-ring (bicyclic) bond motifs is 1. The van der Waals surface area contributed by atoms with Gasteiger partial charge in [-0.2, -0.15) is 0 Å². The first kappa shape index (κ1) is 41.5. The first-order valence-corrected chi connectivity index (χ1v) is 20.7. The second-order valence-electron chi connectivity index (χ2n) is 17.5. The third-order valence-electron chi connectivity index (χ3n) is 10.5. The molecule has 3 aromatic rings. The molecule has 2 saturated carbocycles. The lowest BCUT2D eigenvalue weighted by Gasteiger charge is -2.35. The van der Waals surface area contributed by atoms with Gasteiger partial charge in [0.05, 0.1) is 36.7 Å². The highest BCUT2D eigenvalue weighted by atomic mass is 32.2. The van der Waals surface area contributed by atoms with E-state index in [1.807, 2.05) is 63.2 Å². The summed E-state index contributed by atoms with van der Waals surface area (Å²) in [5.41, 5.74) is -0.636. The molecule has 15 heteroatoms. The SMILES string of the molecule is C=CC1CC1(NC(=O)C1CC(Oc2cc(-c3ccccc3)nc3cc(OC)ccc23)CN1C(=O)C(NC(=O)OCC(C)(C)C)C(C)(C)C)C(=O)NS(=O)(=O)C1CC1. The van der Waals surface area contributed by atoms with Crippen molar-refractivity contribution in [3.05, 3.63) is 67.3 Å². The number of methoxy groups -OCH3 is 1. The first-order valence-electron chi connectivity index (χ1n) is 19.2. The Labute approximate surface area is 334 Å². The van der Waals surface area contributed by atoms with E-state index < -0.39 is 74.1 Å². The summed E-state index contributed by atoms with van der Waals surface area (Å²) >= 11 is 0. The van der Waals surface area contributed by atoms with E-state index in [2.05, 4.69) is 21.9 Å². The Kier molecular flexibility index (Phi) is 11.4. The fourth-order valence-corrected chi connectivity index (χ4v) is 8.35. The molecule has 4 amide bonds. The number of benzene rings is 2. The minimum Gasteiger partial charge on any atom is -0.497 e. The summed E-state index contributed by atoms with van der Waals surface area (Å²) in [6.07, 6.45) is 1.04. The Hall–Kier alpha value is -5.18. The maximum atomic E-state index is 14.7. The van der Waals surface area contributed by atoms with E-state index in [4.69, 9.17) is 19.2 Å². The summed E-state index contributed by atoms with van der Waals surface area (Å²) < 4.78 is 45.4. The van der Waals surface area contributed by atoms with Gasteiger partial charge in [0.15, 0.2) is 0 Å². The van der Waals surface area contributed by atoms with Gasteiger partial charge in [0.2, 0.25) is 21.8 Å². The molecule has 6 rings (SSSR count). The van der Waals surface area contributed by atoms with Gasteiger partial charge in [-0.3, -0.25) is 19.1 Å².